The SMILES string of the molecule is O=C(Oc1ccc(O)c(Cl)c1)Oc1ccc(O)c(Cl)c1. The molecule has 0 bridgehead atoms. The number of aromatic hydroxyl groups is 2. The summed E-state index contributed by atoms with van der Waals surface area (Å²) in [7, 11) is 0. The molecule has 7 heteroatoms. The lowest BCUT2D eigenvalue weighted by Gasteiger charge is -2.07. The Morgan fingerprint density at radius 3 is 1.60 bits per heavy atom. The molecule has 0 aliphatic heterocycles. The van der Waals surface area contributed by atoms with Crippen LogP contribution in [-0.2, 0) is 0 Å². The number of ether oxygens (including phenoxy) is 2. The largest absolute Gasteiger partial charge is 0.519 e. The lowest BCUT2D eigenvalue weighted by Crippen LogP contribution is -2.13. The molecule has 0 saturated carbocycles. The maximum absolute atomic E-state index is 11.5. The molecule has 0 saturated heterocycles. The number of rotatable bonds is 2. The summed E-state index contributed by atoms with van der Waals surface area (Å²) in [6.45, 7) is 0. The van der Waals surface area contributed by atoms with Gasteiger partial charge in [0.05, 0.1) is 10.0 Å². The van der Waals surface area contributed by atoms with E-state index in [1.165, 1.54) is 36.4 Å². The van der Waals surface area contributed by atoms with Crippen LogP contribution in [0.25, 0.3) is 0 Å². The van der Waals surface area contributed by atoms with Crippen LogP contribution < -0.4 is 9.47 Å². The Hall–Kier alpha value is -2.11. The van der Waals surface area contributed by atoms with E-state index in [2.05, 4.69) is 0 Å². The fourth-order valence-corrected chi connectivity index (χ4v) is 1.66. The zero-order chi connectivity index (χ0) is 14.7. The molecule has 0 fully saturated rings. The Balaban J connectivity index is 2.04. The summed E-state index contributed by atoms with van der Waals surface area (Å²) in [5.41, 5.74) is 0. The van der Waals surface area contributed by atoms with E-state index >= 15 is 0 Å². The van der Waals surface area contributed by atoms with Crippen LogP contribution in [0.5, 0.6) is 23.0 Å². The first-order valence-corrected chi connectivity index (χ1v) is 6.08. The summed E-state index contributed by atoms with van der Waals surface area (Å²) in [6.07, 6.45) is -1.01. The maximum atomic E-state index is 11.5. The van der Waals surface area contributed by atoms with Crippen molar-refractivity contribution < 1.29 is 24.5 Å². The number of carbonyl (C=O) groups is 1. The fourth-order valence-electron chi connectivity index (χ4n) is 1.32. The van der Waals surface area contributed by atoms with Gasteiger partial charge >= 0.3 is 6.16 Å². The van der Waals surface area contributed by atoms with Crippen molar-refractivity contribution in [2.45, 2.75) is 0 Å². The van der Waals surface area contributed by atoms with E-state index in [-0.39, 0.29) is 33.0 Å². The molecule has 0 atom stereocenters. The number of phenolic OH excluding ortho intramolecular Hbond substituents is 2. The van der Waals surface area contributed by atoms with Gasteiger partial charge < -0.3 is 19.7 Å². The van der Waals surface area contributed by atoms with Gasteiger partial charge in [-0.25, -0.2) is 4.79 Å². The second-order valence-electron chi connectivity index (χ2n) is 3.68. The Bertz CT molecular complexity index is 602. The molecular formula is C13H8Cl2O5. The van der Waals surface area contributed by atoms with E-state index in [0.29, 0.717) is 0 Å². The summed E-state index contributed by atoms with van der Waals surface area (Å²) in [5.74, 6) is -0.0271. The third-order valence-electron chi connectivity index (χ3n) is 2.24. The van der Waals surface area contributed by atoms with Crippen LogP contribution in [0.1, 0.15) is 0 Å². The van der Waals surface area contributed by atoms with Crippen LogP contribution >= 0.6 is 23.2 Å². The average molecular weight is 315 g/mol. The fraction of sp³-hybridized carbons (Fsp3) is 0. The Morgan fingerprint density at radius 1 is 0.850 bits per heavy atom. The van der Waals surface area contributed by atoms with Gasteiger partial charge in [0.1, 0.15) is 23.0 Å². The van der Waals surface area contributed by atoms with Gasteiger partial charge in [-0.2, -0.15) is 0 Å². The molecule has 2 aromatic rings. The van der Waals surface area contributed by atoms with E-state index in [1.54, 1.807) is 0 Å². The van der Waals surface area contributed by atoms with Gasteiger partial charge in [0.25, 0.3) is 0 Å². The molecule has 0 radical (unpaired) electrons. The van der Waals surface area contributed by atoms with Crippen LogP contribution in [-0.4, -0.2) is 16.4 Å². The molecular weight excluding hydrogens is 307 g/mol. The minimum absolute atomic E-state index is 0.0444. The van der Waals surface area contributed by atoms with Gasteiger partial charge in [-0.3, -0.25) is 0 Å². The monoisotopic (exact) mass is 314 g/mol. The molecule has 0 unspecified atom stereocenters. The first-order valence-electron chi connectivity index (χ1n) is 5.32. The zero-order valence-corrected chi connectivity index (χ0v) is 11.4. The van der Waals surface area contributed by atoms with E-state index < -0.39 is 6.16 Å². The molecule has 0 aromatic heterocycles. The van der Waals surface area contributed by atoms with Crippen LogP contribution in [0.3, 0.4) is 0 Å². The van der Waals surface area contributed by atoms with Crippen molar-refractivity contribution in [3.63, 3.8) is 0 Å². The van der Waals surface area contributed by atoms with Crippen molar-refractivity contribution in [1.29, 1.82) is 0 Å². The topological polar surface area (TPSA) is 76.0 Å². The number of carbonyl (C=O) groups excluding carboxylic acids is 1. The number of hydrogen-bond donors (Lipinski definition) is 2. The summed E-state index contributed by atoms with van der Waals surface area (Å²) in [6, 6.07) is 7.80. The van der Waals surface area contributed by atoms with E-state index in [1.807, 2.05) is 0 Å². The number of benzene rings is 2. The summed E-state index contributed by atoms with van der Waals surface area (Å²) >= 11 is 11.3. The first-order chi connectivity index (χ1) is 9.45. The van der Waals surface area contributed by atoms with Gasteiger partial charge in [-0.1, -0.05) is 23.2 Å². The van der Waals surface area contributed by atoms with Crippen molar-refractivity contribution in [3.05, 3.63) is 46.4 Å². The Morgan fingerprint density at radius 2 is 1.25 bits per heavy atom. The molecule has 20 heavy (non-hydrogen) atoms. The van der Waals surface area contributed by atoms with E-state index in [9.17, 15) is 15.0 Å². The summed E-state index contributed by atoms with van der Waals surface area (Å²) < 4.78 is 9.72. The first kappa shape index (κ1) is 14.3. The lowest BCUT2D eigenvalue weighted by molar-refractivity contribution is 0.152. The molecule has 5 nitrogen and oxygen atoms in total. The molecule has 2 aromatic carbocycles. The number of halogens is 2. The van der Waals surface area contributed by atoms with Crippen LogP contribution in [0.15, 0.2) is 36.4 Å². The smallest absolute Gasteiger partial charge is 0.506 e. The summed E-state index contributed by atoms with van der Waals surface area (Å²) in [4.78, 5) is 11.5. The Labute approximate surface area is 123 Å². The molecule has 2 N–H and O–H groups in total. The van der Waals surface area contributed by atoms with Gasteiger partial charge in [-0.15, -0.1) is 0 Å². The number of hydrogen-bond acceptors (Lipinski definition) is 5. The third kappa shape index (κ3) is 3.46. The van der Waals surface area contributed by atoms with Gasteiger partial charge in [0.2, 0.25) is 0 Å². The van der Waals surface area contributed by atoms with Crippen molar-refractivity contribution in [1.82, 2.24) is 0 Å². The van der Waals surface area contributed by atoms with Gasteiger partial charge in [0.15, 0.2) is 0 Å². The molecule has 0 spiro atoms. The second-order valence-corrected chi connectivity index (χ2v) is 4.49. The van der Waals surface area contributed by atoms with Crippen molar-refractivity contribution in [3.8, 4) is 23.0 Å². The van der Waals surface area contributed by atoms with Crippen molar-refractivity contribution in [2.75, 3.05) is 0 Å². The highest BCUT2D eigenvalue weighted by Gasteiger charge is 2.11. The average Bonchev–Trinajstić information content (AvgIpc) is 2.38. The van der Waals surface area contributed by atoms with Gasteiger partial charge in [0, 0.05) is 12.1 Å². The van der Waals surface area contributed by atoms with Gasteiger partial charge in [-0.05, 0) is 24.3 Å². The zero-order valence-electron chi connectivity index (χ0n) is 9.84. The van der Waals surface area contributed by atoms with Crippen molar-refractivity contribution >= 4 is 29.4 Å². The predicted octanol–water partition coefficient (Wildman–Crippen LogP) is 3.98. The minimum atomic E-state index is -1.01. The molecule has 0 aliphatic carbocycles. The number of phenols is 2. The van der Waals surface area contributed by atoms with Crippen LogP contribution in [0, 0.1) is 0 Å². The Kier molecular flexibility index (Phi) is 4.22. The van der Waals surface area contributed by atoms with E-state index in [0.717, 1.165) is 0 Å². The maximum Gasteiger partial charge on any atom is 0.519 e. The standard InChI is InChI=1S/C13H8Cl2O5/c14-9-5-7(1-3-11(9)16)19-13(18)20-8-2-4-12(17)10(15)6-8/h1-6,16-17H. The highest BCUT2D eigenvalue weighted by atomic mass is 35.5. The lowest BCUT2D eigenvalue weighted by atomic mass is 10.3. The minimum Gasteiger partial charge on any atom is -0.506 e. The van der Waals surface area contributed by atoms with E-state index in [4.69, 9.17) is 32.7 Å². The highest BCUT2D eigenvalue weighted by molar-refractivity contribution is 6.32. The summed E-state index contributed by atoms with van der Waals surface area (Å²) in [5, 5.41) is 18.5. The van der Waals surface area contributed by atoms with Crippen LogP contribution in [0.4, 0.5) is 4.79 Å². The normalized spacial score (nSPS) is 10.1. The quantitative estimate of drug-likeness (QED) is 0.647. The second kappa shape index (κ2) is 5.90. The molecule has 0 heterocycles. The molecule has 2 rings (SSSR count). The molecule has 0 aliphatic rings. The third-order valence-corrected chi connectivity index (χ3v) is 2.85. The van der Waals surface area contributed by atoms with Crippen LogP contribution in [0.2, 0.25) is 10.0 Å². The molecule has 104 valence electrons. The highest BCUT2D eigenvalue weighted by Crippen LogP contribution is 2.29. The molecule has 0 amide bonds. The van der Waals surface area contributed by atoms with Crippen molar-refractivity contribution in [2.24, 2.45) is 0 Å². The predicted molar refractivity (Wildman–Crippen MR) is 72.9 cm³/mol.